The number of fused-ring (bicyclic) bond motifs is 1. The highest BCUT2D eigenvalue weighted by Gasteiger charge is 2.39. The van der Waals surface area contributed by atoms with Crippen LogP contribution in [0.4, 0.5) is 13.2 Å². The molecule has 6 rings (SSSR count). The number of benzene rings is 1. The van der Waals surface area contributed by atoms with Gasteiger partial charge in [-0.05, 0) is 86.4 Å². The van der Waals surface area contributed by atoms with Crippen molar-refractivity contribution in [2.24, 2.45) is 5.92 Å². The topological polar surface area (TPSA) is 138 Å². The van der Waals surface area contributed by atoms with E-state index >= 15 is 0 Å². The maximum absolute atomic E-state index is 12.9. The van der Waals surface area contributed by atoms with Gasteiger partial charge < -0.3 is 25.0 Å². The Morgan fingerprint density at radius 2 is 1.79 bits per heavy atom. The number of amides is 2. The molecule has 3 aromatic rings. The molecule has 4 heterocycles. The second-order valence-corrected chi connectivity index (χ2v) is 11.0. The van der Waals surface area contributed by atoms with Crippen LogP contribution in [-0.4, -0.2) is 74.2 Å². The van der Waals surface area contributed by atoms with Crippen LogP contribution in [-0.2, 0) is 16.1 Å². The maximum Gasteiger partial charge on any atom is 0.490 e. The zero-order chi connectivity index (χ0) is 30.9. The number of aryl methyl sites for hydroxylation is 1. The molecule has 0 spiro atoms. The van der Waals surface area contributed by atoms with Gasteiger partial charge in [0.25, 0.3) is 11.8 Å². The van der Waals surface area contributed by atoms with Crippen LogP contribution in [0.25, 0.3) is 22.6 Å². The third kappa shape index (κ3) is 6.87. The Morgan fingerprint density at radius 3 is 2.44 bits per heavy atom. The lowest BCUT2D eigenvalue weighted by Gasteiger charge is -2.23. The van der Waals surface area contributed by atoms with Gasteiger partial charge in [-0.25, -0.2) is 9.78 Å². The monoisotopic (exact) mass is 599 g/mol. The van der Waals surface area contributed by atoms with E-state index in [1.54, 1.807) is 6.20 Å². The molecule has 2 aromatic heterocycles. The first-order chi connectivity index (χ1) is 20.4. The van der Waals surface area contributed by atoms with E-state index in [-0.39, 0.29) is 17.9 Å². The van der Waals surface area contributed by atoms with Crippen LogP contribution in [0.5, 0.6) is 0 Å². The highest BCUT2D eigenvalue weighted by Crippen LogP contribution is 2.39. The number of hydrogen-bond acceptors (Lipinski definition) is 6. The summed E-state index contributed by atoms with van der Waals surface area (Å²) in [4.78, 5) is 49.0. The van der Waals surface area contributed by atoms with Crippen LogP contribution >= 0.6 is 0 Å². The number of nitrogens with one attached hydrogen (secondary N) is 2. The van der Waals surface area contributed by atoms with Crippen LogP contribution in [0, 0.1) is 12.8 Å². The average Bonchev–Trinajstić information content (AvgIpc) is 3.68. The molecule has 3 aliphatic rings. The molecule has 1 aliphatic carbocycles. The van der Waals surface area contributed by atoms with E-state index in [4.69, 9.17) is 14.6 Å². The number of pyridine rings is 1. The Kier molecular flexibility index (Phi) is 8.54. The van der Waals surface area contributed by atoms with Crippen LogP contribution < -0.4 is 5.32 Å². The maximum atomic E-state index is 12.9. The number of aromatic nitrogens is 3. The first-order valence-electron chi connectivity index (χ1n) is 14.1. The van der Waals surface area contributed by atoms with Crippen molar-refractivity contribution in [3.63, 3.8) is 0 Å². The van der Waals surface area contributed by atoms with E-state index in [0.717, 1.165) is 35.1 Å². The Balaban J connectivity index is 0.000000472. The molecular weight excluding hydrogens is 567 g/mol. The van der Waals surface area contributed by atoms with Crippen LogP contribution in [0.3, 0.4) is 0 Å². The Morgan fingerprint density at radius 1 is 1.12 bits per heavy atom. The van der Waals surface area contributed by atoms with Gasteiger partial charge in [-0.2, -0.15) is 13.2 Å². The summed E-state index contributed by atoms with van der Waals surface area (Å²) in [5.74, 6) is -1.58. The number of imidazole rings is 1. The summed E-state index contributed by atoms with van der Waals surface area (Å²) in [7, 11) is 0. The standard InChI is InChI=1S/C28H31N5O3.C2HF3O2/c1-16-25(27(34)31-22-8-11-36-12-9-22)32-26(30-16)24-14-20(7-10-29-24)19-5-6-23-21(13-19)15-33(28(23)35)17(2)18-3-4-18;3-2(4,5)1(6)7/h5-7,10,13-14,17-18,22H,3-4,8-9,11-12,15H2,1-2H3,(H,30,32)(H,31,34);(H,6,7). The molecule has 10 nitrogen and oxygen atoms in total. The minimum absolute atomic E-state index is 0.113. The van der Waals surface area contributed by atoms with Crippen LogP contribution in [0.15, 0.2) is 36.5 Å². The molecule has 2 fully saturated rings. The second-order valence-electron chi connectivity index (χ2n) is 11.0. The number of carbonyl (C=O) groups is 3. The first kappa shape index (κ1) is 30.2. The summed E-state index contributed by atoms with van der Waals surface area (Å²) in [6, 6.07) is 10.4. The van der Waals surface area contributed by atoms with Gasteiger partial charge in [0, 0.05) is 49.3 Å². The van der Waals surface area contributed by atoms with Crippen molar-refractivity contribution in [2.45, 2.75) is 64.3 Å². The lowest BCUT2D eigenvalue weighted by Crippen LogP contribution is -2.39. The van der Waals surface area contributed by atoms with E-state index in [2.05, 4.69) is 33.3 Å². The Hall–Kier alpha value is -4.26. The highest BCUT2D eigenvalue weighted by molar-refractivity contribution is 5.99. The fourth-order valence-corrected chi connectivity index (χ4v) is 5.32. The number of hydrogen-bond donors (Lipinski definition) is 3. The molecule has 1 atom stereocenters. The lowest BCUT2D eigenvalue weighted by atomic mass is 10.0. The average molecular weight is 600 g/mol. The number of nitrogens with zero attached hydrogens (tertiary/aromatic N) is 3. The first-order valence-corrected chi connectivity index (χ1v) is 14.1. The van der Waals surface area contributed by atoms with Gasteiger partial charge in [-0.3, -0.25) is 14.6 Å². The summed E-state index contributed by atoms with van der Waals surface area (Å²) in [5, 5.41) is 10.2. The number of aliphatic carboxylic acids is 1. The van der Waals surface area contributed by atoms with E-state index in [1.165, 1.54) is 12.8 Å². The molecule has 1 unspecified atom stereocenters. The van der Waals surface area contributed by atoms with E-state index in [1.807, 2.05) is 36.1 Å². The second kappa shape index (κ2) is 12.2. The van der Waals surface area contributed by atoms with Gasteiger partial charge in [-0.1, -0.05) is 6.07 Å². The molecule has 0 radical (unpaired) electrons. The van der Waals surface area contributed by atoms with Crippen molar-refractivity contribution in [2.75, 3.05) is 13.2 Å². The summed E-state index contributed by atoms with van der Waals surface area (Å²) in [6.07, 6.45) is 0.740. The van der Waals surface area contributed by atoms with Crippen molar-refractivity contribution in [1.82, 2.24) is 25.2 Å². The number of carboxylic acid groups (broad SMARTS) is 1. The fraction of sp³-hybridized carbons (Fsp3) is 0.433. The molecule has 3 N–H and O–H groups in total. The van der Waals surface area contributed by atoms with E-state index in [9.17, 15) is 22.8 Å². The number of rotatable bonds is 6. The van der Waals surface area contributed by atoms with Gasteiger partial charge in [-0.15, -0.1) is 0 Å². The summed E-state index contributed by atoms with van der Waals surface area (Å²) >= 11 is 0. The van der Waals surface area contributed by atoms with Gasteiger partial charge in [0.1, 0.15) is 11.4 Å². The number of carboxylic acids is 1. The molecule has 2 aliphatic heterocycles. The fourth-order valence-electron chi connectivity index (χ4n) is 5.32. The molecule has 0 bridgehead atoms. The van der Waals surface area contributed by atoms with Crippen molar-refractivity contribution < 1.29 is 37.4 Å². The minimum Gasteiger partial charge on any atom is -0.475 e. The largest absolute Gasteiger partial charge is 0.490 e. The van der Waals surface area contributed by atoms with Crippen molar-refractivity contribution in [3.8, 4) is 22.6 Å². The zero-order valence-electron chi connectivity index (χ0n) is 23.7. The molecule has 13 heteroatoms. The predicted molar refractivity (Wildman–Crippen MR) is 149 cm³/mol. The third-order valence-corrected chi connectivity index (χ3v) is 7.97. The molecule has 43 heavy (non-hydrogen) atoms. The number of halogens is 3. The quantitative estimate of drug-likeness (QED) is 0.372. The number of aromatic amines is 1. The number of H-pyrrole nitrogens is 1. The van der Waals surface area contributed by atoms with Gasteiger partial charge >= 0.3 is 12.1 Å². The summed E-state index contributed by atoms with van der Waals surface area (Å²) in [6.45, 7) is 6.02. The van der Waals surface area contributed by atoms with Crippen molar-refractivity contribution in [1.29, 1.82) is 0 Å². The number of ether oxygens (including phenoxy) is 1. The van der Waals surface area contributed by atoms with Gasteiger partial charge in [0.15, 0.2) is 5.82 Å². The Labute approximate surface area is 245 Å². The van der Waals surface area contributed by atoms with Crippen molar-refractivity contribution >= 4 is 17.8 Å². The SMILES string of the molecule is Cc1[nH]c(-c2cc(-c3ccc4c(c3)CN(C(C)C3CC3)C4=O)ccn2)nc1C(=O)NC1CCOCC1.O=C(O)C(F)(F)F. The van der Waals surface area contributed by atoms with E-state index in [0.29, 0.717) is 54.6 Å². The lowest BCUT2D eigenvalue weighted by molar-refractivity contribution is -0.192. The third-order valence-electron chi connectivity index (χ3n) is 7.97. The van der Waals surface area contributed by atoms with E-state index < -0.39 is 12.1 Å². The zero-order valence-corrected chi connectivity index (χ0v) is 23.7. The molecule has 1 saturated carbocycles. The number of carbonyl (C=O) groups excluding carboxylic acids is 2. The smallest absolute Gasteiger partial charge is 0.475 e. The van der Waals surface area contributed by atoms with Crippen molar-refractivity contribution in [3.05, 3.63) is 59.0 Å². The normalized spacial score (nSPS) is 17.6. The van der Waals surface area contributed by atoms with Crippen LogP contribution in [0.2, 0.25) is 0 Å². The summed E-state index contributed by atoms with van der Waals surface area (Å²) < 4.78 is 37.1. The molecule has 1 aromatic carbocycles. The highest BCUT2D eigenvalue weighted by atomic mass is 19.4. The molecule has 228 valence electrons. The molecule has 1 saturated heterocycles. The minimum atomic E-state index is -5.08. The number of alkyl halides is 3. The Bertz CT molecular complexity index is 1530. The van der Waals surface area contributed by atoms with Gasteiger partial charge in [0.05, 0.1) is 0 Å². The van der Waals surface area contributed by atoms with Crippen LogP contribution in [0.1, 0.15) is 64.7 Å². The van der Waals surface area contributed by atoms with Gasteiger partial charge in [0.2, 0.25) is 0 Å². The molecular formula is C30H32F3N5O5. The predicted octanol–water partition coefficient (Wildman–Crippen LogP) is 4.74. The summed E-state index contributed by atoms with van der Waals surface area (Å²) in [5.41, 5.74) is 5.68. The molecule has 2 amide bonds.